The van der Waals surface area contributed by atoms with E-state index in [0.29, 0.717) is 11.4 Å². The maximum Gasteiger partial charge on any atom is 0.490 e. The van der Waals surface area contributed by atoms with Crippen molar-refractivity contribution in [2.45, 2.75) is 25.2 Å². The smallest absolute Gasteiger partial charge is 0.423 e. The molecule has 0 radical (unpaired) electrons. The van der Waals surface area contributed by atoms with Crippen LogP contribution in [-0.4, -0.2) is 22.2 Å². The summed E-state index contributed by atoms with van der Waals surface area (Å²) in [4.78, 5) is 4.25. The molecule has 1 aliphatic carbocycles. The van der Waals surface area contributed by atoms with Crippen LogP contribution >= 0.6 is 15.9 Å². The lowest BCUT2D eigenvalue weighted by molar-refractivity contribution is 0.409. The van der Waals surface area contributed by atoms with Gasteiger partial charge < -0.3 is 10.0 Å². The summed E-state index contributed by atoms with van der Waals surface area (Å²) in [6.07, 6.45) is 5.17. The van der Waals surface area contributed by atoms with Crippen molar-refractivity contribution in [3.63, 3.8) is 0 Å². The number of pyridine rings is 1. The zero-order valence-corrected chi connectivity index (χ0v) is 9.24. The minimum absolute atomic E-state index is 0.431. The molecule has 0 aromatic carbocycles. The molecule has 1 saturated carbocycles. The van der Waals surface area contributed by atoms with E-state index in [0.717, 1.165) is 10.2 Å². The van der Waals surface area contributed by atoms with E-state index in [1.165, 1.54) is 25.5 Å². The summed E-state index contributed by atoms with van der Waals surface area (Å²) in [6, 6.07) is 1.73. The molecule has 74 valence electrons. The predicted octanol–water partition coefficient (Wildman–Crippen LogP) is 0.791. The Bertz CT molecular complexity index is 342. The van der Waals surface area contributed by atoms with Crippen LogP contribution in [0.3, 0.4) is 0 Å². The highest BCUT2D eigenvalue weighted by Gasteiger charge is 2.24. The number of halogens is 1. The van der Waals surface area contributed by atoms with E-state index in [1.54, 1.807) is 6.07 Å². The SMILES string of the molecule is OB(O)c1cnc(C2CCC2)c(Br)c1. The van der Waals surface area contributed by atoms with Gasteiger partial charge in [0.1, 0.15) is 0 Å². The van der Waals surface area contributed by atoms with Crippen LogP contribution in [-0.2, 0) is 0 Å². The van der Waals surface area contributed by atoms with Gasteiger partial charge in [0.15, 0.2) is 0 Å². The van der Waals surface area contributed by atoms with E-state index in [2.05, 4.69) is 20.9 Å². The number of rotatable bonds is 2. The zero-order valence-electron chi connectivity index (χ0n) is 7.65. The van der Waals surface area contributed by atoms with Crippen molar-refractivity contribution < 1.29 is 10.0 Å². The van der Waals surface area contributed by atoms with Crippen molar-refractivity contribution in [1.29, 1.82) is 0 Å². The molecular formula is C9H11BBrNO2. The van der Waals surface area contributed by atoms with E-state index in [9.17, 15) is 0 Å². The molecule has 14 heavy (non-hydrogen) atoms. The normalized spacial score (nSPS) is 16.5. The summed E-state index contributed by atoms with van der Waals surface area (Å²) in [6.45, 7) is 0. The van der Waals surface area contributed by atoms with Crippen molar-refractivity contribution in [1.82, 2.24) is 4.98 Å². The first kappa shape index (κ1) is 10.1. The number of nitrogens with zero attached hydrogens (tertiary/aromatic N) is 1. The first-order valence-corrected chi connectivity index (χ1v) is 5.49. The molecule has 0 saturated heterocycles. The Balaban J connectivity index is 2.26. The Morgan fingerprint density at radius 1 is 1.43 bits per heavy atom. The highest BCUT2D eigenvalue weighted by Crippen LogP contribution is 2.37. The molecule has 2 rings (SSSR count). The van der Waals surface area contributed by atoms with Crippen LogP contribution in [0.5, 0.6) is 0 Å². The molecule has 1 aromatic heterocycles. The Kier molecular flexibility index (Phi) is 2.90. The predicted molar refractivity (Wildman–Crippen MR) is 58.4 cm³/mol. The lowest BCUT2D eigenvalue weighted by Gasteiger charge is -2.25. The molecule has 1 aromatic rings. The van der Waals surface area contributed by atoms with Gasteiger partial charge in [0.05, 0.1) is 5.69 Å². The largest absolute Gasteiger partial charge is 0.490 e. The number of aromatic nitrogens is 1. The van der Waals surface area contributed by atoms with E-state index in [4.69, 9.17) is 10.0 Å². The Morgan fingerprint density at radius 2 is 2.14 bits per heavy atom. The Labute approximate surface area is 91.5 Å². The number of hydrogen-bond acceptors (Lipinski definition) is 3. The average Bonchev–Trinajstić information content (AvgIpc) is 2.04. The fourth-order valence-corrected chi connectivity index (χ4v) is 2.28. The van der Waals surface area contributed by atoms with Crippen molar-refractivity contribution in [3.8, 4) is 0 Å². The summed E-state index contributed by atoms with van der Waals surface area (Å²) in [5.41, 5.74) is 1.47. The van der Waals surface area contributed by atoms with Gasteiger partial charge in [-0.15, -0.1) is 0 Å². The maximum absolute atomic E-state index is 8.94. The van der Waals surface area contributed by atoms with E-state index in [-0.39, 0.29) is 0 Å². The van der Waals surface area contributed by atoms with E-state index in [1.807, 2.05) is 0 Å². The summed E-state index contributed by atoms with van der Waals surface area (Å²) in [7, 11) is -1.44. The van der Waals surface area contributed by atoms with Gasteiger partial charge >= 0.3 is 7.12 Å². The van der Waals surface area contributed by atoms with Crippen LogP contribution in [0.1, 0.15) is 30.9 Å². The summed E-state index contributed by atoms with van der Waals surface area (Å²) < 4.78 is 0.882. The molecule has 0 bridgehead atoms. The first-order chi connectivity index (χ1) is 6.68. The van der Waals surface area contributed by atoms with Crippen LogP contribution < -0.4 is 5.46 Å². The second kappa shape index (κ2) is 4.00. The summed E-state index contributed by atoms with van der Waals surface area (Å²) in [5.74, 6) is 0.550. The van der Waals surface area contributed by atoms with Crippen molar-refractivity contribution in [2.24, 2.45) is 0 Å². The first-order valence-electron chi connectivity index (χ1n) is 4.70. The fraction of sp³-hybridized carbons (Fsp3) is 0.444. The Hall–Kier alpha value is -0.385. The third-order valence-corrected chi connectivity index (χ3v) is 3.32. The molecule has 5 heteroatoms. The van der Waals surface area contributed by atoms with Crippen LogP contribution in [0.4, 0.5) is 0 Å². The van der Waals surface area contributed by atoms with E-state index < -0.39 is 7.12 Å². The van der Waals surface area contributed by atoms with Crippen LogP contribution in [0.25, 0.3) is 0 Å². The molecular weight excluding hydrogens is 245 g/mol. The van der Waals surface area contributed by atoms with Gasteiger partial charge in [-0.3, -0.25) is 4.98 Å². The van der Waals surface area contributed by atoms with Crippen molar-refractivity contribution >= 4 is 28.5 Å². The highest BCUT2D eigenvalue weighted by molar-refractivity contribution is 9.10. The molecule has 3 nitrogen and oxygen atoms in total. The molecule has 0 atom stereocenters. The van der Waals surface area contributed by atoms with Gasteiger partial charge in [-0.05, 0) is 34.8 Å². The standard InChI is InChI=1S/C9H11BBrNO2/c11-8-4-7(10(13)14)5-12-9(8)6-2-1-3-6/h4-6,13-14H,1-3H2. The second-order valence-electron chi connectivity index (χ2n) is 3.64. The zero-order chi connectivity index (χ0) is 10.1. The van der Waals surface area contributed by atoms with Crippen molar-refractivity contribution in [3.05, 3.63) is 22.4 Å². The summed E-state index contributed by atoms with van der Waals surface area (Å²) in [5, 5.41) is 17.9. The maximum atomic E-state index is 8.94. The monoisotopic (exact) mass is 255 g/mol. The lowest BCUT2D eigenvalue weighted by atomic mass is 9.79. The van der Waals surface area contributed by atoms with E-state index >= 15 is 0 Å². The summed E-state index contributed by atoms with van der Waals surface area (Å²) >= 11 is 3.41. The Morgan fingerprint density at radius 3 is 2.57 bits per heavy atom. The average molecular weight is 256 g/mol. The second-order valence-corrected chi connectivity index (χ2v) is 4.49. The molecule has 0 unspecified atom stereocenters. The molecule has 0 aliphatic heterocycles. The molecule has 1 fully saturated rings. The number of hydrogen-bond donors (Lipinski definition) is 2. The van der Waals surface area contributed by atoms with Crippen molar-refractivity contribution in [2.75, 3.05) is 0 Å². The van der Waals surface area contributed by atoms with Crippen LogP contribution in [0.15, 0.2) is 16.7 Å². The van der Waals surface area contributed by atoms with Crippen LogP contribution in [0, 0.1) is 0 Å². The van der Waals surface area contributed by atoms with Gasteiger partial charge in [-0.1, -0.05) is 6.42 Å². The third kappa shape index (κ3) is 1.85. The van der Waals surface area contributed by atoms with Gasteiger partial charge in [-0.2, -0.15) is 0 Å². The topological polar surface area (TPSA) is 53.4 Å². The lowest BCUT2D eigenvalue weighted by Crippen LogP contribution is -2.30. The van der Waals surface area contributed by atoms with Gasteiger partial charge in [0.25, 0.3) is 0 Å². The van der Waals surface area contributed by atoms with Gasteiger partial charge in [0, 0.05) is 22.1 Å². The van der Waals surface area contributed by atoms with Gasteiger partial charge in [-0.25, -0.2) is 0 Å². The minimum Gasteiger partial charge on any atom is -0.423 e. The molecule has 2 N–H and O–H groups in total. The van der Waals surface area contributed by atoms with Gasteiger partial charge in [0.2, 0.25) is 0 Å². The molecule has 0 spiro atoms. The quantitative estimate of drug-likeness (QED) is 0.769. The highest BCUT2D eigenvalue weighted by atomic mass is 79.9. The molecule has 1 heterocycles. The third-order valence-electron chi connectivity index (χ3n) is 2.68. The molecule has 0 amide bonds. The fourth-order valence-electron chi connectivity index (χ4n) is 1.59. The molecule has 1 aliphatic rings. The minimum atomic E-state index is -1.44. The van der Waals surface area contributed by atoms with Crippen LogP contribution in [0.2, 0.25) is 0 Å².